The molecule has 0 bridgehead atoms. The average Bonchev–Trinajstić information content (AvgIpc) is 2.86. The Bertz CT molecular complexity index is 736. The van der Waals surface area contributed by atoms with Gasteiger partial charge < -0.3 is 0 Å². The van der Waals surface area contributed by atoms with E-state index in [0.717, 1.165) is 29.9 Å². The molecule has 1 atom stereocenters. The highest BCUT2D eigenvalue weighted by atomic mass is 35.5. The van der Waals surface area contributed by atoms with E-state index in [1.165, 1.54) is 16.9 Å². The van der Waals surface area contributed by atoms with E-state index in [1.54, 1.807) is 17.8 Å². The van der Waals surface area contributed by atoms with Gasteiger partial charge in [-0.05, 0) is 48.3 Å². The molecule has 1 aliphatic carbocycles. The molecule has 5 heteroatoms. The van der Waals surface area contributed by atoms with Crippen LogP contribution in [-0.2, 0) is 4.79 Å². The third-order valence-corrected chi connectivity index (χ3v) is 5.65. The van der Waals surface area contributed by atoms with Crippen LogP contribution in [0.25, 0.3) is 0 Å². The van der Waals surface area contributed by atoms with Crippen LogP contribution in [0.1, 0.15) is 31.2 Å². The summed E-state index contributed by atoms with van der Waals surface area (Å²) >= 11 is 7.86. The second-order valence-electron chi connectivity index (χ2n) is 5.39. The van der Waals surface area contributed by atoms with Gasteiger partial charge in [-0.15, -0.1) is 0 Å². The summed E-state index contributed by atoms with van der Waals surface area (Å²) in [5.41, 5.74) is 1.99. The van der Waals surface area contributed by atoms with Crippen molar-refractivity contribution in [1.29, 1.82) is 0 Å². The molecule has 0 radical (unpaired) electrons. The molecule has 0 spiro atoms. The van der Waals surface area contributed by atoms with Gasteiger partial charge in [0.1, 0.15) is 5.92 Å². The number of rotatable bonds is 1. The van der Waals surface area contributed by atoms with Crippen LogP contribution in [0.5, 0.6) is 0 Å². The van der Waals surface area contributed by atoms with Crippen molar-refractivity contribution >= 4 is 40.1 Å². The average molecular weight is 317 g/mol. The van der Waals surface area contributed by atoms with Crippen molar-refractivity contribution in [3.05, 3.63) is 45.3 Å². The predicted molar refractivity (Wildman–Crippen MR) is 87.0 cm³/mol. The first-order valence-corrected chi connectivity index (χ1v) is 8.29. The fraction of sp³-hybridized carbons (Fsp3) is 0.312. The highest BCUT2D eigenvalue weighted by molar-refractivity contribution is 8.17. The quantitative estimate of drug-likeness (QED) is 0.778. The van der Waals surface area contributed by atoms with Crippen LogP contribution >= 0.6 is 23.4 Å². The van der Waals surface area contributed by atoms with E-state index < -0.39 is 0 Å². The smallest absolute Gasteiger partial charge is 0.261 e. The van der Waals surface area contributed by atoms with E-state index in [0.29, 0.717) is 10.9 Å². The lowest BCUT2D eigenvalue weighted by molar-refractivity contribution is -0.118. The molecule has 1 aromatic rings. The molecule has 0 saturated heterocycles. The molecule has 3 aliphatic rings. The number of hydrogen-bond acceptors (Lipinski definition) is 3. The Morgan fingerprint density at radius 3 is 2.81 bits per heavy atom. The van der Waals surface area contributed by atoms with Crippen molar-refractivity contribution < 1.29 is 4.79 Å². The maximum Gasteiger partial charge on any atom is 0.261 e. The summed E-state index contributed by atoms with van der Waals surface area (Å²) in [6.07, 6.45) is 4.45. The van der Waals surface area contributed by atoms with Crippen molar-refractivity contribution in [2.75, 3.05) is 0 Å². The molecule has 0 saturated carbocycles. The molecule has 0 fully saturated rings. The molecule has 0 aromatic heterocycles. The zero-order valence-corrected chi connectivity index (χ0v) is 12.9. The first-order valence-electron chi connectivity index (χ1n) is 7.10. The molecule has 106 valence electrons. The van der Waals surface area contributed by atoms with Crippen molar-refractivity contribution in [3.8, 4) is 0 Å². The summed E-state index contributed by atoms with van der Waals surface area (Å²) in [4.78, 5) is 22.6. The summed E-state index contributed by atoms with van der Waals surface area (Å²) in [5, 5.41) is 1.46. The molecule has 21 heavy (non-hydrogen) atoms. The minimum absolute atomic E-state index is 0.0886. The Morgan fingerprint density at radius 2 is 1.95 bits per heavy atom. The third-order valence-electron chi connectivity index (χ3n) is 4.08. The molecule has 0 N–H and O–H groups in total. The maximum atomic E-state index is 12.5. The van der Waals surface area contributed by atoms with Crippen molar-refractivity contribution in [3.63, 3.8) is 0 Å². The molecule has 1 aromatic carbocycles. The number of halogens is 1. The summed E-state index contributed by atoms with van der Waals surface area (Å²) < 4.78 is 0. The Morgan fingerprint density at radius 1 is 1.14 bits per heavy atom. The number of amidine groups is 1. The highest BCUT2D eigenvalue weighted by Gasteiger charge is 2.40. The Balaban J connectivity index is 1.74. The second kappa shape index (κ2) is 5.11. The summed E-state index contributed by atoms with van der Waals surface area (Å²) in [7, 11) is 0. The fourth-order valence-electron chi connectivity index (χ4n) is 3.06. The Kier molecular flexibility index (Phi) is 3.23. The van der Waals surface area contributed by atoms with Crippen molar-refractivity contribution in [1.82, 2.24) is 0 Å². The third kappa shape index (κ3) is 2.17. The summed E-state index contributed by atoms with van der Waals surface area (Å²) in [6.45, 7) is 0. The highest BCUT2D eigenvalue weighted by Crippen LogP contribution is 2.47. The Hall–Kier alpha value is -1.39. The van der Waals surface area contributed by atoms with E-state index in [4.69, 9.17) is 11.6 Å². The largest absolute Gasteiger partial charge is 0.271 e. The van der Waals surface area contributed by atoms with Crippen LogP contribution in [0.4, 0.5) is 0 Å². The molecule has 1 amide bonds. The fourth-order valence-corrected chi connectivity index (χ4v) is 4.62. The number of aliphatic imine (C=N–C) groups is 2. The van der Waals surface area contributed by atoms with Gasteiger partial charge in [0.05, 0.1) is 10.1 Å². The van der Waals surface area contributed by atoms with Crippen LogP contribution in [0, 0.1) is 5.92 Å². The first kappa shape index (κ1) is 13.3. The standard InChI is InChI=1S/C16H13ClN2OS/c17-11-7-3-1-5-9(11)14-18-15(20)13-10-6-2-4-8-12(10)21-16(13)19-14/h1,3,5,7,13H,2,4,6,8H2. The lowest BCUT2D eigenvalue weighted by Gasteiger charge is -2.18. The van der Waals surface area contributed by atoms with E-state index in [2.05, 4.69) is 9.98 Å². The molecular weight excluding hydrogens is 304 g/mol. The molecule has 3 nitrogen and oxygen atoms in total. The van der Waals surface area contributed by atoms with Crippen molar-refractivity contribution in [2.24, 2.45) is 15.9 Å². The number of nitrogens with zero attached hydrogens (tertiary/aromatic N) is 2. The van der Waals surface area contributed by atoms with E-state index >= 15 is 0 Å². The van der Waals surface area contributed by atoms with Gasteiger partial charge in [0.15, 0.2) is 5.84 Å². The van der Waals surface area contributed by atoms with Crippen LogP contribution in [0.15, 0.2) is 44.7 Å². The lowest BCUT2D eigenvalue weighted by Crippen LogP contribution is -2.26. The van der Waals surface area contributed by atoms with Gasteiger partial charge >= 0.3 is 0 Å². The van der Waals surface area contributed by atoms with Gasteiger partial charge in [-0.2, -0.15) is 4.99 Å². The lowest BCUT2D eigenvalue weighted by atomic mass is 9.89. The number of benzene rings is 1. The van der Waals surface area contributed by atoms with E-state index in [1.807, 2.05) is 18.2 Å². The van der Waals surface area contributed by atoms with Gasteiger partial charge in [-0.3, -0.25) is 4.79 Å². The normalized spacial score (nSPS) is 24.4. The van der Waals surface area contributed by atoms with E-state index in [-0.39, 0.29) is 11.8 Å². The number of hydrogen-bond donors (Lipinski definition) is 0. The monoisotopic (exact) mass is 316 g/mol. The maximum absolute atomic E-state index is 12.5. The van der Waals surface area contributed by atoms with Gasteiger partial charge in [-0.25, -0.2) is 4.99 Å². The van der Waals surface area contributed by atoms with Crippen LogP contribution in [0.2, 0.25) is 5.02 Å². The zero-order chi connectivity index (χ0) is 14.4. The summed E-state index contributed by atoms with van der Waals surface area (Å²) in [6, 6.07) is 7.39. The van der Waals surface area contributed by atoms with Gasteiger partial charge in [0, 0.05) is 5.56 Å². The number of carbonyl (C=O) groups is 1. The number of allylic oxidation sites excluding steroid dienone is 1. The number of amides is 1. The number of thioether (sulfide) groups is 1. The van der Waals surface area contributed by atoms with Crippen LogP contribution < -0.4 is 0 Å². The zero-order valence-electron chi connectivity index (χ0n) is 11.3. The second-order valence-corrected chi connectivity index (χ2v) is 6.92. The minimum Gasteiger partial charge on any atom is -0.271 e. The van der Waals surface area contributed by atoms with Gasteiger partial charge in [-0.1, -0.05) is 35.5 Å². The van der Waals surface area contributed by atoms with Crippen LogP contribution in [0.3, 0.4) is 0 Å². The number of fused-ring (bicyclic) bond motifs is 2. The van der Waals surface area contributed by atoms with Crippen LogP contribution in [-0.4, -0.2) is 16.8 Å². The SMILES string of the molecule is O=C1N=C(c2ccccc2Cl)N=C2SC3=C(CCCC3)C12. The molecule has 2 heterocycles. The number of carbonyl (C=O) groups excluding carboxylic acids is 1. The molecule has 1 unspecified atom stereocenters. The summed E-state index contributed by atoms with van der Waals surface area (Å²) in [5.74, 6) is 0.148. The first-order chi connectivity index (χ1) is 10.2. The topological polar surface area (TPSA) is 41.8 Å². The molecule has 4 rings (SSSR count). The minimum atomic E-state index is -0.212. The van der Waals surface area contributed by atoms with E-state index in [9.17, 15) is 4.79 Å². The van der Waals surface area contributed by atoms with Gasteiger partial charge in [0.2, 0.25) is 0 Å². The molecule has 2 aliphatic heterocycles. The predicted octanol–water partition coefficient (Wildman–Crippen LogP) is 4.22. The Labute approximate surface area is 132 Å². The van der Waals surface area contributed by atoms with Gasteiger partial charge in [0.25, 0.3) is 5.91 Å². The molecular formula is C16H13ClN2OS. The van der Waals surface area contributed by atoms with Crippen molar-refractivity contribution in [2.45, 2.75) is 25.7 Å².